The molecule has 0 radical (unpaired) electrons. The SMILES string of the molecule is CC(C)(C)C1CCC(CN)(C(C)(C)O)CC1. The highest BCUT2D eigenvalue weighted by molar-refractivity contribution is 4.98. The molecule has 0 unspecified atom stereocenters. The third-order valence-corrected chi connectivity index (χ3v) is 4.86. The van der Waals surface area contributed by atoms with Gasteiger partial charge in [-0.3, -0.25) is 0 Å². The van der Waals surface area contributed by atoms with Crippen LogP contribution in [0.4, 0.5) is 0 Å². The second-order valence-corrected chi connectivity index (χ2v) is 7.18. The lowest BCUT2D eigenvalue weighted by atomic mass is 9.59. The Balaban J connectivity index is 2.72. The molecule has 1 rings (SSSR count). The van der Waals surface area contributed by atoms with Gasteiger partial charge in [0.25, 0.3) is 0 Å². The minimum absolute atomic E-state index is 0.0608. The van der Waals surface area contributed by atoms with Gasteiger partial charge >= 0.3 is 0 Å². The van der Waals surface area contributed by atoms with Crippen LogP contribution in [0.5, 0.6) is 0 Å². The molecule has 0 bridgehead atoms. The lowest BCUT2D eigenvalue weighted by Crippen LogP contribution is -2.51. The van der Waals surface area contributed by atoms with Crippen LogP contribution >= 0.6 is 0 Å². The fourth-order valence-electron chi connectivity index (χ4n) is 3.10. The van der Waals surface area contributed by atoms with E-state index in [0.717, 1.165) is 18.8 Å². The molecule has 0 aliphatic heterocycles. The standard InChI is InChI=1S/C14H29NO/c1-12(2,3)11-6-8-14(10-15,9-7-11)13(4,5)16/h11,16H,6-10,15H2,1-5H3. The van der Waals surface area contributed by atoms with E-state index in [1.807, 2.05) is 13.8 Å². The van der Waals surface area contributed by atoms with E-state index in [0.29, 0.717) is 12.0 Å². The van der Waals surface area contributed by atoms with Crippen LogP contribution in [0.25, 0.3) is 0 Å². The molecular weight excluding hydrogens is 198 g/mol. The van der Waals surface area contributed by atoms with Gasteiger partial charge in [0, 0.05) is 12.0 Å². The molecule has 0 saturated heterocycles. The summed E-state index contributed by atoms with van der Waals surface area (Å²) in [5, 5.41) is 10.3. The molecule has 1 aliphatic rings. The van der Waals surface area contributed by atoms with Crippen LogP contribution in [0.1, 0.15) is 60.3 Å². The highest BCUT2D eigenvalue weighted by Gasteiger charge is 2.46. The summed E-state index contributed by atoms with van der Waals surface area (Å²) in [5.74, 6) is 0.773. The first-order chi connectivity index (χ1) is 7.12. The summed E-state index contributed by atoms with van der Waals surface area (Å²) in [6.07, 6.45) is 4.53. The van der Waals surface area contributed by atoms with Crippen LogP contribution < -0.4 is 5.73 Å². The van der Waals surface area contributed by atoms with Gasteiger partial charge in [0.15, 0.2) is 0 Å². The number of hydrogen-bond acceptors (Lipinski definition) is 2. The first-order valence-corrected chi connectivity index (χ1v) is 6.55. The van der Waals surface area contributed by atoms with Gasteiger partial charge in [-0.2, -0.15) is 0 Å². The Hall–Kier alpha value is -0.0800. The van der Waals surface area contributed by atoms with Crippen molar-refractivity contribution >= 4 is 0 Å². The molecule has 0 aromatic carbocycles. The topological polar surface area (TPSA) is 46.2 Å². The molecule has 0 aromatic heterocycles. The average Bonchev–Trinajstić information content (AvgIpc) is 2.14. The molecule has 0 atom stereocenters. The fraction of sp³-hybridized carbons (Fsp3) is 1.00. The van der Waals surface area contributed by atoms with Crippen LogP contribution in [-0.2, 0) is 0 Å². The quantitative estimate of drug-likeness (QED) is 0.762. The minimum atomic E-state index is -0.648. The zero-order valence-corrected chi connectivity index (χ0v) is 11.6. The van der Waals surface area contributed by atoms with E-state index in [2.05, 4.69) is 20.8 Å². The molecule has 16 heavy (non-hydrogen) atoms. The smallest absolute Gasteiger partial charge is 0.0659 e. The summed E-state index contributed by atoms with van der Waals surface area (Å²) >= 11 is 0. The van der Waals surface area contributed by atoms with Crippen LogP contribution in [-0.4, -0.2) is 17.3 Å². The van der Waals surface area contributed by atoms with Gasteiger partial charge < -0.3 is 10.8 Å². The van der Waals surface area contributed by atoms with Gasteiger partial charge in [0.2, 0.25) is 0 Å². The summed E-state index contributed by atoms with van der Waals surface area (Å²) in [6.45, 7) is 11.4. The molecule has 0 heterocycles. The van der Waals surface area contributed by atoms with Crippen molar-refractivity contribution in [3.05, 3.63) is 0 Å². The van der Waals surface area contributed by atoms with Gasteiger partial charge in [-0.1, -0.05) is 20.8 Å². The lowest BCUT2D eigenvalue weighted by Gasteiger charge is -2.49. The average molecular weight is 227 g/mol. The van der Waals surface area contributed by atoms with Crippen molar-refractivity contribution < 1.29 is 5.11 Å². The van der Waals surface area contributed by atoms with Crippen molar-refractivity contribution in [2.45, 2.75) is 65.9 Å². The largest absolute Gasteiger partial charge is 0.390 e. The van der Waals surface area contributed by atoms with Crippen LogP contribution in [0.3, 0.4) is 0 Å². The Labute approximate surface area is 101 Å². The van der Waals surface area contributed by atoms with Crippen LogP contribution in [0, 0.1) is 16.7 Å². The molecule has 2 heteroatoms. The van der Waals surface area contributed by atoms with Gasteiger partial charge in [0.05, 0.1) is 5.60 Å². The number of rotatable bonds is 2. The van der Waals surface area contributed by atoms with Crippen molar-refractivity contribution in [1.29, 1.82) is 0 Å². The third-order valence-electron chi connectivity index (χ3n) is 4.86. The first-order valence-electron chi connectivity index (χ1n) is 6.55. The highest BCUT2D eigenvalue weighted by atomic mass is 16.3. The van der Waals surface area contributed by atoms with E-state index in [1.165, 1.54) is 12.8 Å². The zero-order chi connectivity index (χ0) is 12.6. The van der Waals surface area contributed by atoms with Gasteiger partial charge in [0.1, 0.15) is 0 Å². The maximum atomic E-state index is 10.3. The monoisotopic (exact) mass is 227 g/mol. The summed E-state index contributed by atoms with van der Waals surface area (Å²) in [5.41, 5.74) is 5.60. The molecule has 3 N–H and O–H groups in total. The molecular formula is C14H29NO. The summed E-state index contributed by atoms with van der Waals surface area (Å²) in [7, 11) is 0. The molecule has 2 nitrogen and oxygen atoms in total. The Bertz CT molecular complexity index is 226. The van der Waals surface area contributed by atoms with Gasteiger partial charge in [-0.25, -0.2) is 0 Å². The number of aliphatic hydroxyl groups is 1. The molecule has 1 saturated carbocycles. The van der Waals surface area contributed by atoms with E-state index in [4.69, 9.17) is 5.73 Å². The zero-order valence-electron chi connectivity index (χ0n) is 11.6. The number of hydrogen-bond donors (Lipinski definition) is 2. The maximum absolute atomic E-state index is 10.3. The highest BCUT2D eigenvalue weighted by Crippen LogP contribution is 2.49. The Morgan fingerprint density at radius 1 is 1.12 bits per heavy atom. The van der Waals surface area contributed by atoms with Crippen molar-refractivity contribution in [1.82, 2.24) is 0 Å². The summed E-state index contributed by atoms with van der Waals surface area (Å²) in [6, 6.07) is 0. The Kier molecular flexibility index (Phi) is 3.76. The van der Waals surface area contributed by atoms with Crippen molar-refractivity contribution in [3.63, 3.8) is 0 Å². The molecule has 0 aromatic rings. The predicted molar refractivity (Wildman–Crippen MR) is 69.2 cm³/mol. The lowest BCUT2D eigenvalue weighted by molar-refractivity contribution is -0.0850. The van der Waals surface area contributed by atoms with Crippen LogP contribution in [0.15, 0.2) is 0 Å². The van der Waals surface area contributed by atoms with Crippen molar-refractivity contribution in [2.24, 2.45) is 22.5 Å². The van der Waals surface area contributed by atoms with Gasteiger partial charge in [-0.15, -0.1) is 0 Å². The molecule has 0 amide bonds. The second kappa shape index (κ2) is 4.30. The minimum Gasteiger partial charge on any atom is -0.390 e. The Morgan fingerprint density at radius 3 is 1.81 bits per heavy atom. The Morgan fingerprint density at radius 2 is 1.56 bits per heavy atom. The third kappa shape index (κ3) is 2.60. The maximum Gasteiger partial charge on any atom is 0.0659 e. The first kappa shape index (κ1) is 14.0. The molecule has 1 fully saturated rings. The van der Waals surface area contributed by atoms with E-state index in [1.54, 1.807) is 0 Å². The molecule has 1 aliphatic carbocycles. The molecule has 96 valence electrons. The number of nitrogens with two attached hydrogens (primary N) is 1. The summed E-state index contributed by atoms with van der Waals surface area (Å²) < 4.78 is 0. The summed E-state index contributed by atoms with van der Waals surface area (Å²) in [4.78, 5) is 0. The fourth-order valence-corrected chi connectivity index (χ4v) is 3.10. The van der Waals surface area contributed by atoms with Gasteiger partial charge in [-0.05, 0) is 50.9 Å². The van der Waals surface area contributed by atoms with E-state index < -0.39 is 5.60 Å². The second-order valence-electron chi connectivity index (χ2n) is 7.18. The van der Waals surface area contributed by atoms with E-state index in [-0.39, 0.29) is 5.41 Å². The van der Waals surface area contributed by atoms with E-state index >= 15 is 0 Å². The molecule has 0 spiro atoms. The van der Waals surface area contributed by atoms with Crippen molar-refractivity contribution in [3.8, 4) is 0 Å². The normalized spacial score (nSPS) is 32.8. The van der Waals surface area contributed by atoms with Crippen molar-refractivity contribution in [2.75, 3.05) is 6.54 Å². The predicted octanol–water partition coefficient (Wildman–Crippen LogP) is 2.94. The van der Waals surface area contributed by atoms with Crippen LogP contribution in [0.2, 0.25) is 0 Å². The van der Waals surface area contributed by atoms with E-state index in [9.17, 15) is 5.11 Å².